The first-order chi connectivity index (χ1) is 19.3. The molecule has 1 saturated heterocycles. The molecule has 0 radical (unpaired) electrons. The number of carbonyl (C=O) groups excluding carboxylic acids is 1. The van der Waals surface area contributed by atoms with Crippen LogP contribution in [0.3, 0.4) is 0 Å². The monoisotopic (exact) mass is 550 g/mol. The third-order valence-electron chi connectivity index (χ3n) is 9.38. The molecular weight excluding hydrogens is 520 g/mol. The lowest BCUT2D eigenvalue weighted by Crippen LogP contribution is -2.32. The minimum atomic E-state index is -0.117. The van der Waals surface area contributed by atoms with Gasteiger partial charge in [-0.3, -0.25) is 9.69 Å². The molecule has 40 heavy (non-hydrogen) atoms. The predicted octanol–water partition coefficient (Wildman–Crippen LogP) is 7.76. The topological polar surface area (TPSA) is 84.2 Å². The summed E-state index contributed by atoms with van der Waals surface area (Å²) in [5.74, 6) is 1.92. The summed E-state index contributed by atoms with van der Waals surface area (Å²) in [6.07, 6.45) is 6.88. The van der Waals surface area contributed by atoms with Crippen LogP contribution in [0.4, 0.5) is 0 Å². The van der Waals surface area contributed by atoms with Gasteiger partial charge in [0.25, 0.3) is 5.91 Å². The second-order valence-corrected chi connectivity index (χ2v) is 12.7. The van der Waals surface area contributed by atoms with E-state index in [9.17, 15) is 4.79 Å². The molecular formula is C32H30N4O3S. The zero-order chi connectivity index (χ0) is 27.5. The van der Waals surface area contributed by atoms with Gasteiger partial charge in [0.1, 0.15) is 11.3 Å². The number of nitrogens with zero attached hydrogens (tertiary/aromatic N) is 4. The Morgan fingerprint density at radius 2 is 1.95 bits per heavy atom. The molecule has 2 aliphatic carbocycles. The molecule has 4 aromatic rings. The van der Waals surface area contributed by atoms with Gasteiger partial charge in [-0.2, -0.15) is 5.10 Å². The number of amides is 1. The lowest BCUT2D eigenvalue weighted by molar-refractivity contribution is -0.122. The van der Waals surface area contributed by atoms with Crippen LogP contribution in [0.5, 0.6) is 0 Å². The number of hydrogen-bond acceptors (Lipinski definition) is 7. The molecule has 7 rings (SSSR count). The molecule has 2 atom stereocenters. The zero-order valence-electron chi connectivity index (χ0n) is 22.8. The highest BCUT2D eigenvalue weighted by Gasteiger charge is 2.60. The van der Waals surface area contributed by atoms with Crippen LogP contribution >= 0.6 is 11.8 Å². The Morgan fingerprint density at radius 3 is 2.67 bits per heavy atom. The summed E-state index contributed by atoms with van der Waals surface area (Å²) < 4.78 is 11.2. The SMILES string of the molecule is CC12CCC(C/C1=N\N=C1\S/C(=C\c3ccc4noc(-c5ccccc5)c4c3)C(=O)N1Cc1ccco1)C2(C)C. The average Bonchev–Trinajstić information content (AvgIpc) is 3.75. The first-order valence-corrected chi connectivity index (χ1v) is 14.5. The normalized spacial score (nSPS) is 26.8. The summed E-state index contributed by atoms with van der Waals surface area (Å²) in [6.45, 7) is 7.33. The highest BCUT2D eigenvalue weighted by molar-refractivity contribution is 8.18. The standard InChI is InChI=1S/C32H30N4O3S/c1-31(2)22-13-14-32(31,3)27(18-22)33-34-30-36(19-23-10-7-15-38-23)29(37)26(40-30)17-20-11-12-25-24(16-20)28(39-35-25)21-8-5-4-6-9-21/h4-12,15-17,22H,13-14,18-19H2,1-3H3/b26-17-,33-27+,34-30+. The first kappa shape index (κ1) is 25.1. The van der Waals surface area contributed by atoms with E-state index < -0.39 is 0 Å². The summed E-state index contributed by atoms with van der Waals surface area (Å²) in [4.78, 5) is 15.9. The van der Waals surface area contributed by atoms with Crippen molar-refractivity contribution in [1.82, 2.24) is 10.1 Å². The van der Waals surface area contributed by atoms with Crippen molar-refractivity contribution in [3.8, 4) is 11.3 Å². The van der Waals surface area contributed by atoms with Gasteiger partial charge in [-0.05, 0) is 78.3 Å². The lowest BCUT2D eigenvalue weighted by atomic mass is 9.70. The quantitative estimate of drug-likeness (QED) is 0.187. The lowest BCUT2D eigenvalue weighted by Gasteiger charge is -2.34. The summed E-state index contributed by atoms with van der Waals surface area (Å²) in [5.41, 5.74) is 4.02. The Morgan fingerprint density at radius 1 is 1.10 bits per heavy atom. The molecule has 0 N–H and O–H groups in total. The van der Waals surface area contributed by atoms with Crippen molar-refractivity contribution in [2.24, 2.45) is 27.0 Å². The van der Waals surface area contributed by atoms with E-state index >= 15 is 0 Å². The number of rotatable bonds is 5. The van der Waals surface area contributed by atoms with Gasteiger partial charge in [0.2, 0.25) is 0 Å². The van der Waals surface area contributed by atoms with E-state index in [1.807, 2.05) is 66.7 Å². The molecule has 8 heteroatoms. The van der Waals surface area contributed by atoms with Crippen LogP contribution in [0.1, 0.15) is 51.4 Å². The van der Waals surface area contributed by atoms with Crippen LogP contribution in [0.2, 0.25) is 0 Å². The van der Waals surface area contributed by atoms with Gasteiger partial charge >= 0.3 is 0 Å². The number of furan rings is 1. The van der Waals surface area contributed by atoms with E-state index in [0.717, 1.165) is 40.6 Å². The largest absolute Gasteiger partial charge is 0.467 e. The van der Waals surface area contributed by atoms with Crippen LogP contribution in [0.15, 0.2) is 91.0 Å². The molecule has 2 unspecified atom stereocenters. The van der Waals surface area contributed by atoms with Crippen molar-refractivity contribution in [3.05, 3.63) is 83.2 Å². The number of hydrogen-bond donors (Lipinski definition) is 0. The van der Waals surface area contributed by atoms with Gasteiger partial charge in [0, 0.05) is 16.7 Å². The maximum absolute atomic E-state index is 13.7. The van der Waals surface area contributed by atoms with Crippen LogP contribution in [0.25, 0.3) is 28.3 Å². The van der Waals surface area contributed by atoms with E-state index in [2.05, 4.69) is 25.9 Å². The molecule has 202 valence electrons. The Bertz CT molecular complexity index is 1700. The Balaban J connectivity index is 1.24. The van der Waals surface area contributed by atoms with Crippen LogP contribution in [0, 0.1) is 16.7 Å². The second kappa shape index (κ2) is 9.34. The van der Waals surface area contributed by atoms with Gasteiger partial charge in [-0.1, -0.05) is 62.3 Å². The number of carbonyl (C=O) groups is 1. The average molecular weight is 551 g/mol. The van der Waals surface area contributed by atoms with Crippen LogP contribution < -0.4 is 0 Å². The fourth-order valence-electron chi connectivity index (χ4n) is 6.46. The number of amidine groups is 1. The molecule has 3 aliphatic rings. The molecule has 2 saturated carbocycles. The van der Waals surface area contributed by atoms with Crippen LogP contribution in [-0.2, 0) is 11.3 Å². The highest BCUT2D eigenvalue weighted by Crippen LogP contribution is 2.64. The molecule has 3 fully saturated rings. The van der Waals surface area contributed by atoms with E-state index in [1.54, 1.807) is 11.2 Å². The first-order valence-electron chi connectivity index (χ1n) is 13.7. The molecule has 1 aliphatic heterocycles. The van der Waals surface area contributed by atoms with Gasteiger partial charge in [-0.25, -0.2) is 0 Å². The van der Waals surface area contributed by atoms with Crippen LogP contribution in [-0.4, -0.2) is 26.8 Å². The van der Waals surface area contributed by atoms with E-state index in [4.69, 9.17) is 19.1 Å². The fourth-order valence-corrected chi connectivity index (χ4v) is 7.39. The molecule has 7 nitrogen and oxygen atoms in total. The van der Waals surface area contributed by atoms with Crippen molar-refractivity contribution < 1.29 is 13.7 Å². The van der Waals surface area contributed by atoms with E-state index in [1.165, 1.54) is 18.2 Å². The van der Waals surface area contributed by atoms with Gasteiger partial charge < -0.3 is 8.94 Å². The van der Waals surface area contributed by atoms with Gasteiger partial charge in [0.15, 0.2) is 10.9 Å². The number of thioether (sulfide) groups is 1. The van der Waals surface area contributed by atoms with E-state index in [-0.39, 0.29) is 16.7 Å². The second-order valence-electron chi connectivity index (χ2n) is 11.7. The molecule has 0 spiro atoms. The molecule has 2 aromatic carbocycles. The summed E-state index contributed by atoms with van der Waals surface area (Å²) in [6, 6.07) is 19.5. The maximum Gasteiger partial charge on any atom is 0.267 e. The highest BCUT2D eigenvalue weighted by atomic mass is 32.2. The summed E-state index contributed by atoms with van der Waals surface area (Å²) in [5, 5.41) is 15.2. The Hall–Kier alpha value is -3.91. The van der Waals surface area contributed by atoms with Gasteiger partial charge in [-0.15, -0.1) is 5.10 Å². The smallest absolute Gasteiger partial charge is 0.267 e. The van der Waals surface area contributed by atoms with Crippen molar-refractivity contribution in [2.45, 2.75) is 46.6 Å². The molecule has 2 aromatic heterocycles. The number of fused-ring (bicyclic) bond motifs is 3. The molecule has 2 bridgehead atoms. The van der Waals surface area contributed by atoms with Gasteiger partial charge in [0.05, 0.1) is 23.1 Å². The van der Waals surface area contributed by atoms with Crippen molar-refractivity contribution in [3.63, 3.8) is 0 Å². The third kappa shape index (κ3) is 3.96. The minimum Gasteiger partial charge on any atom is -0.467 e. The molecule has 3 heterocycles. The summed E-state index contributed by atoms with van der Waals surface area (Å²) in [7, 11) is 0. The van der Waals surface area contributed by atoms with Crippen molar-refractivity contribution in [2.75, 3.05) is 0 Å². The number of aromatic nitrogens is 1. The predicted molar refractivity (Wildman–Crippen MR) is 158 cm³/mol. The van der Waals surface area contributed by atoms with Crippen molar-refractivity contribution in [1.29, 1.82) is 0 Å². The van der Waals surface area contributed by atoms with Crippen molar-refractivity contribution >= 4 is 45.5 Å². The number of benzene rings is 2. The zero-order valence-corrected chi connectivity index (χ0v) is 23.6. The molecule has 1 amide bonds. The minimum absolute atomic E-state index is 0.0457. The maximum atomic E-state index is 13.7. The third-order valence-corrected chi connectivity index (χ3v) is 10.4. The Labute approximate surface area is 237 Å². The van der Waals surface area contributed by atoms with E-state index in [0.29, 0.717) is 34.1 Å². The summed E-state index contributed by atoms with van der Waals surface area (Å²) >= 11 is 1.35. The Kier molecular flexibility index (Phi) is 5.85. The fraction of sp³-hybridized carbons (Fsp3) is 0.312.